The number of epoxide rings is 1. The Morgan fingerprint density at radius 1 is 1.17 bits per heavy atom. The molecule has 0 aromatic heterocycles. The minimum atomic E-state index is -1.14. The second kappa shape index (κ2) is 2.48. The molecule has 64 valence electrons. The first kappa shape index (κ1) is 7.61. The monoisotopic (exact) mass is 174 g/mol. The number of halogens is 3. The topological polar surface area (TPSA) is 12.5 Å². The van der Waals surface area contributed by atoms with Crippen molar-refractivity contribution in [1.29, 1.82) is 0 Å². The Labute approximate surface area is 66.8 Å². The van der Waals surface area contributed by atoms with Crippen molar-refractivity contribution in [3.05, 3.63) is 35.1 Å². The molecule has 0 unspecified atom stereocenters. The summed E-state index contributed by atoms with van der Waals surface area (Å²) in [5, 5.41) is 0. The average molecular weight is 174 g/mol. The summed E-state index contributed by atoms with van der Waals surface area (Å²) in [7, 11) is 0. The Morgan fingerprint density at radius 3 is 2.33 bits per heavy atom. The van der Waals surface area contributed by atoms with Crippen LogP contribution in [0.25, 0.3) is 0 Å². The van der Waals surface area contributed by atoms with Crippen LogP contribution in [0.15, 0.2) is 12.1 Å². The largest absolute Gasteiger partial charge is 0.368 e. The van der Waals surface area contributed by atoms with E-state index in [1.807, 2.05) is 0 Å². The molecule has 1 nitrogen and oxygen atoms in total. The van der Waals surface area contributed by atoms with E-state index in [9.17, 15) is 13.2 Å². The van der Waals surface area contributed by atoms with Gasteiger partial charge in [-0.3, -0.25) is 0 Å². The van der Waals surface area contributed by atoms with Gasteiger partial charge in [0.2, 0.25) is 0 Å². The lowest BCUT2D eigenvalue weighted by atomic mass is 10.1. The lowest BCUT2D eigenvalue weighted by molar-refractivity contribution is 0.389. The number of hydrogen-bond donors (Lipinski definition) is 0. The molecule has 1 heterocycles. The standard InChI is InChI=1S/C8H5F3O/c9-4-1-2-5(10)8(11)7(4)6-3-12-6/h1-2,6H,3H2/t6-/m1/s1. The van der Waals surface area contributed by atoms with Crippen molar-refractivity contribution in [1.82, 2.24) is 0 Å². The molecule has 0 bridgehead atoms. The zero-order valence-electron chi connectivity index (χ0n) is 5.98. The minimum Gasteiger partial charge on any atom is -0.368 e. The third-order valence-corrected chi connectivity index (χ3v) is 1.73. The first-order valence-corrected chi connectivity index (χ1v) is 3.45. The molecule has 12 heavy (non-hydrogen) atoms. The quantitative estimate of drug-likeness (QED) is 0.469. The van der Waals surface area contributed by atoms with Crippen molar-refractivity contribution >= 4 is 0 Å². The van der Waals surface area contributed by atoms with Crippen LogP contribution in [0.2, 0.25) is 0 Å². The fourth-order valence-corrected chi connectivity index (χ4v) is 1.05. The molecule has 1 aliphatic heterocycles. The van der Waals surface area contributed by atoms with E-state index < -0.39 is 23.6 Å². The van der Waals surface area contributed by atoms with Crippen molar-refractivity contribution in [2.45, 2.75) is 6.10 Å². The maximum Gasteiger partial charge on any atom is 0.167 e. The third-order valence-electron chi connectivity index (χ3n) is 1.73. The van der Waals surface area contributed by atoms with E-state index >= 15 is 0 Å². The normalized spacial score (nSPS) is 21.1. The van der Waals surface area contributed by atoms with Gasteiger partial charge in [-0.15, -0.1) is 0 Å². The Hall–Kier alpha value is -1.03. The summed E-state index contributed by atoms with van der Waals surface area (Å²) < 4.78 is 42.9. The first-order valence-electron chi connectivity index (χ1n) is 3.45. The zero-order chi connectivity index (χ0) is 8.72. The Balaban J connectivity index is 2.55. The zero-order valence-corrected chi connectivity index (χ0v) is 5.98. The third kappa shape index (κ3) is 1.08. The summed E-state index contributed by atoms with van der Waals surface area (Å²) in [6.45, 7) is 0.261. The molecule has 4 heteroatoms. The number of rotatable bonds is 1. The highest BCUT2D eigenvalue weighted by molar-refractivity contribution is 5.25. The summed E-state index contributed by atoms with van der Waals surface area (Å²) >= 11 is 0. The van der Waals surface area contributed by atoms with Gasteiger partial charge in [0, 0.05) is 0 Å². The van der Waals surface area contributed by atoms with Gasteiger partial charge < -0.3 is 4.74 Å². The van der Waals surface area contributed by atoms with Gasteiger partial charge >= 0.3 is 0 Å². The Morgan fingerprint density at radius 2 is 1.75 bits per heavy atom. The van der Waals surface area contributed by atoms with Crippen LogP contribution in [0.5, 0.6) is 0 Å². The van der Waals surface area contributed by atoms with Crippen molar-refractivity contribution < 1.29 is 17.9 Å². The highest BCUT2D eigenvalue weighted by Gasteiger charge is 2.32. The van der Waals surface area contributed by atoms with E-state index in [4.69, 9.17) is 0 Å². The van der Waals surface area contributed by atoms with Gasteiger partial charge in [0.05, 0.1) is 12.2 Å². The lowest BCUT2D eigenvalue weighted by Crippen LogP contribution is -1.97. The molecule has 1 saturated heterocycles. The van der Waals surface area contributed by atoms with Crippen LogP contribution < -0.4 is 0 Å². The van der Waals surface area contributed by atoms with Crippen LogP contribution in [0.1, 0.15) is 11.7 Å². The fourth-order valence-electron chi connectivity index (χ4n) is 1.05. The fraction of sp³-hybridized carbons (Fsp3) is 0.250. The molecule has 2 rings (SSSR count). The SMILES string of the molecule is Fc1ccc(F)c([C@H]2CO2)c1F. The average Bonchev–Trinajstić information content (AvgIpc) is 2.81. The Kier molecular flexibility index (Phi) is 1.58. The van der Waals surface area contributed by atoms with E-state index in [2.05, 4.69) is 4.74 Å². The predicted molar refractivity (Wildman–Crippen MR) is 35.0 cm³/mol. The van der Waals surface area contributed by atoms with Gasteiger partial charge in [-0.1, -0.05) is 0 Å². The summed E-state index contributed by atoms with van der Waals surface area (Å²) in [4.78, 5) is 0. The van der Waals surface area contributed by atoms with Gasteiger partial charge in [-0.2, -0.15) is 0 Å². The van der Waals surface area contributed by atoms with E-state index in [1.54, 1.807) is 0 Å². The second-order valence-corrected chi connectivity index (χ2v) is 2.58. The van der Waals surface area contributed by atoms with E-state index in [-0.39, 0.29) is 12.2 Å². The molecule has 0 spiro atoms. The molecule has 1 aromatic carbocycles. The summed E-state index contributed by atoms with van der Waals surface area (Å²) in [6.07, 6.45) is -0.597. The molecule has 0 amide bonds. The van der Waals surface area contributed by atoms with Crippen molar-refractivity contribution in [2.24, 2.45) is 0 Å². The molecule has 0 saturated carbocycles. The maximum absolute atomic E-state index is 12.9. The van der Waals surface area contributed by atoms with E-state index in [1.165, 1.54) is 0 Å². The van der Waals surface area contributed by atoms with Gasteiger partial charge in [0.15, 0.2) is 11.6 Å². The molecular weight excluding hydrogens is 169 g/mol. The minimum absolute atomic E-state index is 0.261. The van der Waals surface area contributed by atoms with Crippen LogP contribution in [0, 0.1) is 17.5 Å². The highest BCUT2D eigenvalue weighted by Crippen LogP contribution is 2.34. The van der Waals surface area contributed by atoms with Crippen LogP contribution in [0.3, 0.4) is 0 Å². The highest BCUT2D eigenvalue weighted by atomic mass is 19.2. The van der Waals surface area contributed by atoms with Crippen LogP contribution >= 0.6 is 0 Å². The predicted octanol–water partition coefficient (Wildman–Crippen LogP) is 2.18. The second-order valence-electron chi connectivity index (χ2n) is 2.58. The Bertz CT molecular complexity index is 320. The van der Waals surface area contributed by atoms with Crippen molar-refractivity contribution in [2.75, 3.05) is 6.61 Å². The summed E-state index contributed by atoms with van der Waals surface area (Å²) in [5.74, 6) is -2.93. The van der Waals surface area contributed by atoms with E-state index in [0.717, 1.165) is 12.1 Å². The molecule has 0 N–H and O–H groups in total. The molecule has 0 aliphatic carbocycles. The number of hydrogen-bond acceptors (Lipinski definition) is 1. The van der Waals surface area contributed by atoms with Gasteiger partial charge in [-0.25, -0.2) is 13.2 Å². The lowest BCUT2D eigenvalue weighted by Gasteiger charge is -2.00. The summed E-state index contributed by atoms with van der Waals surface area (Å²) in [5.41, 5.74) is -0.296. The summed E-state index contributed by atoms with van der Waals surface area (Å²) in [6, 6.07) is 1.66. The number of benzene rings is 1. The van der Waals surface area contributed by atoms with Crippen LogP contribution in [-0.2, 0) is 4.74 Å². The van der Waals surface area contributed by atoms with Gasteiger partial charge in [0.1, 0.15) is 11.9 Å². The van der Waals surface area contributed by atoms with Crippen LogP contribution in [-0.4, -0.2) is 6.61 Å². The van der Waals surface area contributed by atoms with E-state index in [0.29, 0.717) is 0 Å². The molecule has 1 aromatic rings. The molecule has 0 radical (unpaired) electrons. The molecule has 1 aliphatic rings. The van der Waals surface area contributed by atoms with Crippen molar-refractivity contribution in [3.63, 3.8) is 0 Å². The van der Waals surface area contributed by atoms with Crippen molar-refractivity contribution in [3.8, 4) is 0 Å². The maximum atomic E-state index is 12.9. The molecular formula is C8H5F3O. The molecule has 1 fully saturated rings. The molecule has 1 atom stereocenters. The number of ether oxygens (including phenoxy) is 1. The van der Waals surface area contributed by atoms with Gasteiger partial charge in [0.25, 0.3) is 0 Å². The van der Waals surface area contributed by atoms with Gasteiger partial charge in [-0.05, 0) is 12.1 Å². The van der Waals surface area contributed by atoms with Crippen LogP contribution in [0.4, 0.5) is 13.2 Å². The first-order chi connectivity index (χ1) is 5.70. The smallest absolute Gasteiger partial charge is 0.167 e.